The minimum Gasteiger partial charge on any atom is -0.748 e. The fraction of sp³-hybridized carbons (Fsp3) is 1.00. The molecule has 0 bridgehead atoms. The van der Waals surface area contributed by atoms with Gasteiger partial charge < -0.3 is 14.6 Å². The molecule has 0 aromatic rings. The van der Waals surface area contributed by atoms with Gasteiger partial charge in [-0.2, -0.15) is 0 Å². The summed E-state index contributed by atoms with van der Waals surface area (Å²) in [6.07, 6.45) is 0.817. The van der Waals surface area contributed by atoms with Crippen molar-refractivity contribution in [3.05, 3.63) is 0 Å². The second-order valence-corrected chi connectivity index (χ2v) is 5.57. The van der Waals surface area contributed by atoms with Crippen LogP contribution in [0, 0.1) is 0 Å². The second kappa shape index (κ2) is 11.9. The van der Waals surface area contributed by atoms with Crippen LogP contribution in [0.15, 0.2) is 0 Å². The second-order valence-electron chi connectivity index (χ2n) is 2.52. The van der Waals surface area contributed by atoms with Gasteiger partial charge in [-0.3, -0.25) is 0 Å². The van der Waals surface area contributed by atoms with E-state index in [-0.39, 0.29) is 36.5 Å². The van der Waals surface area contributed by atoms with Gasteiger partial charge >= 0.3 is 19.5 Å². The van der Waals surface area contributed by atoms with Crippen molar-refractivity contribution in [2.45, 2.75) is 26.7 Å². The first-order valence-electron chi connectivity index (χ1n) is 3.99. The molecule has 0 atom stereocenters. The third kappa shape index (κ3) is 36.6. The van der Waals surface area contributed by atoms with Crippen LogP contribution in [0.1, 0.15) is 26.7 Å². The summed E-state index contributed by atoms with van der Waals surface area (Å²) in [6.45, 7) is 3.30. The summed E-state index contributed by atoms with van der Waals surface area (Å²) in [5.74, 6) is -0.486. The number of rotatable bonds is 4. The van der Waals surface area contributed by atoms with Gasteiger partial charge in [0.25, 0.3) is 0 Å². The van der Waals surface area contributed by atoms with Crippen molar-refractivity contribution in [3.63, 3.8) is 0 Å². The predicted octanol–water partition coefficient (Wildman–Crippen LogP) is -0.944. The molecule has 0 amide bonds. The molecule has 0 fully saturated rings. The van der Waals surface area contributed by atoms with Crippen molar-refractivity contribution in [1.82, 2.24) is 0 Å². The Kier molecular flexibility index (Phi) is 18.8. The average molecular weight is 330 g/mol. The molecule has 0 aliphatic rings. The van der Waals surface area contributed by atoms with Crippen LogP contribution in [0.5, 0.6) is 0 Å². The van der Waals surface area contributed by atoms with Crippen LogP contribution in [-0.4, -0.2) is 42.9 Å². The van der Waals surface area contributed by atoms with Crippen molar-refractivity contribution >= 4 is 20.2 Å². The SMILES string of the molecule is CCCS(=O)(=O)[O-].CCCS(=O)(=O)[O-].O.[Zn+2]. The quantitative estimate of drug-likeness (QED) is 0.480. The number of hydrogen-bond donors (Lipinski definition) is 0. The van der Waals surface area contributed by atoms with Gasteiger partial charge in [0.2, 0.25) is 0 Å². The van der Waals surface area contributed by atoms with Crippen LogP contribution in [-0.2, 0) is 39.7 Å². The summed E-state index contributed by atoms with van der Waals surface area (Å²) in [5, 5.41) is 0. The molecule has 96 valence electrons. The maximum atomic E-state index is 9.68. The largest absolute Gasteiger partial charge is 2.00 e. The molecule has 0 saturated heterocycles. The molecular formula is C6H16O7S2Zn. The maximum absolute atomic E-state index is 9.68. The first kappa shape index (κ1) is 25.3. The molecular weight excluding hydrogens is 314 g/mol. The molecule has 0 heterocycles. The van der Waals surface area contributed by atoms with Gasteiger partial charge in [-0.25, -0.2) is 16.8 Å². The summed E-state index contributed by atoms with van der Waals surface area (Å²) in [7, 11) is -7.85. The van der Waals surface area contributed by atoms with E-state index in [1.807, 2.05) is 0 Å². The molecule has 0 aliphatic carbocycles. The Morgan fingerprint density at radius 3 is 1.00 bits per heavy atom. The zero-order valence-corrected chi connectivity index (χ0v) is 13.9. The third-order valence-electron chi connectivity index (χ3n) is 0.908. The third-order valence-corrected chi connectivity index (χ3v) is 2.72. The van der Waals surface area contributed by atoms with Gasteiger partial charge in [0.05, 0.1) is 20.2 Å². The van der Waals surface area contributed by atoms with Crippen LogP contribution in [0.2, 0.25) is 0 Å². The molecule has 10 heteroatoms. The fourth-order valence-electron chi connectivity index (χ4n) is 0.500. The Balaban J connectivity index is -0.0000000800. The predicted molar refractivity (Wildman–Crippen MR) is 53.3 cm³/mol. The van der Waals surface area contributed by atoms with Crippen LogP contribution in [0.25, 0.3) is 0 Å². The van der Waals surface area contributed by atoms with Crippen LogP contribution < -0.4 is 0 Å². The molecule has 0 aromatic heterocycles. The topological polar surface area (TPSA) is 146 Å². The molecule has 0 rings (SSSR count). The Bertz CT molecular complexity index is 287. The Morgan fingerprint density at radius 2 is 1.00 bits per heavy atom. The van der Waals surface area contributed by atoms with Gasteiger partial charge in [0.15, 0.2) is 0 Å². The van der Waals surface area contributed by atoms with Crippen LogP contribution in [0.4, 0.5) is 0 Å². The Morgan fingerprint density at radius 1 is 0.812 bits per heavy atom. The fourth-order valence-corrected chi connectivity index (χ4v) is 1.50. The minimum atomic E-state index is -3.92. The smallest absolute Gasteiger partial charge is 0.748 e. The van der Waals surface area contributed by atoms with E-state index in [4.69, 9.17) is 0 Å². The standard InChI is InChI=1S/2C3H8O3S.H2O.Zn/c2*1-2-3-7(4,5)6;;/h2*2-3H2,1H3,(H,4,5,6);1H2;/q;;;+2/p-2. The molecule has 7 nitrogen and oxygen atoms in total. The van der Waals surface area contributed by atoms with Gasteiger partial charge in [-0.1, -0.05) is 13.8 Å². The van der Waals surface area contributed by atoms with Gasteiger partial charge in [0.1, 0.15) is 0 Å². The summed E-state index contributed by atoms with van der Waals surface area (Å²) in [6, 6.07) is 0. The molecule has 16 heavy (non-hydrogen) atoms. The minimum absolute atomic E-state index is 0. The van der Waals surface area contributed by atoms with E-state index >= 15 is 0 Å². The molecule has 0 spiro atoms. The molecule has 0 unspecified atom stereocenters. The monoisotopic (exact) mass is 328 g/mol. The molecule has 0 radical (unpaired) electrons. The van der Waals surface area contributed by atoms with Gasteiger partial charge in [-0.05, 0) is 12.8 Å². The Hall–Kier alpha value is 0.403. The summed E-state index contributed by atoms with van der Waals surface area (Å²) < 4.78 is 58.1. The summed E-state index contributed by atoms with van der Waals surface area (Å²) in [4.78, 5) is 0. The summed E-state index contributed by atoms with van der Waals surface area (Å²) >= 11 is 0. The molecule has 0 aliphatic heterocycles. The zero-order valence-electron chi connectivity index (χ0n) is 9.30. The van der Waals surface area contributed by atoms with Crippen molar-refractivity contribution in [2.75, 3.05) is 11.5 Å². The van der Waals surface area contributed by atoms with Crippen molar-refractivity contribution in [2.24, 2.45) is 0 Å². The normalized spacial score (nSPS) is 10.2. The van der Waals surface area contributed by atoms with Crippen LogP contribution in [0.3, 0.4) is 0 Å². The van der Waals surface area contributed by atoms with E-state index in [2.05, 4.69) is 0 Å². The molecule has 0 saturated carbocycles. The average Bonchev–Trinajstić information content (AvgIpc) is 1.81. The first-order chi connectivity index (χ1) is 6.12. The van der Waals surface area contributed by atoms with E-state index in [1.165, 1.54) is 0 Å². The van der Waals surface area contributed by atoms with E-state index in [0.29, 0.717) is 12.8 Å². The van der Waals surface area contributed by atoms with Gasteiger partial charge in [-0.15, -0.1) is 0 Å². The summed E-state index contributed by atoms with van der Waals surface area (Å²) in [5.41, 5.74) is 0. The van der Waals surface area contributed by atoms with E-state index in [0.717, 1.165) is 0 Å². The first-order valence-corrected chi connectivity index (χ1v) is 7.15. The molecule has 0 aromatic carbocycles. The van der Waals surface area contributed by atoms with E-state index < -0.39 is 20.2 Å². The van der Waals surface area contributed by atoms with Gasteiger partial charge in [0, 0.05) is 11.5 Å². The number of hydrogen-bond acceptors (Lipinski definition) is 6. The van der Waals surface area contributed by atoms with E-state index in [9.17, 15) is 25.9 Å². The maximum Gasteiger partial charge on any atom is 2.00 e. The van der Waals surface area contributed by atoms with Crippen LogP contribution >= 0.6 is 0 Å². The Labute approximate surface area is 109 Å². The molecule has 2 N–H and O–H groups in total. The van der Waals surface area contributed by atoms with Crippen molar-refractivity contribution in [1.29, 1.82) is 0 Å². The van der Waals surface area contributed by atoms with Crippen molar-refractivity contribution in [3.8, 4) is 0 Å². The van der Waals surface area contributed by atoms with E-state index in [1.54, 1.807) is 13.8 Å². The van der Waals surface area contributed by atoms with Crippen molar-refractivity contribution < 1.29 is 50.9 Å². The zero-order chi connectivity index (χ0) is 11.8.